The zero-order valence-corrected chi connectivity index (χ0v) is 10.3. The van der Waals surface area contributed by atoms with Gasteiger partial charge >= 0.3 is 0 Å². The first-order valence-electron chi connectivity index (χ1n) is 5.53. The summed E-state index contributed by atoms with van der Waals surface area (Å²) in [5.41, 5.74) is 0.489. The lowest BCUT2D eigenvalue weighted by molar-refractivity contribution is 0.0944. The van der Waals surface area contributed by atoms with E-state index in [0.29, 0.717) is 17.2 Å². The van der Waals surface area contributed by atoms with Gasteiger partial charge in [0.05, 0.1) is 25.4 Å². The highest BCUT2D eigenvalue weighted by atomic mass is 16.5. The standard InChI is InChI=1S/C13H14N2O3/c1-9-7-14-12(18-9)8-15-13(16)10-5-3-4-6-11(10)17-2/h3-7H,8H2,1-2H3,(H,15,16). The summed E-state index contributed by atoms with van der Waals surface area (Å²) < 4.78 is 10.4. The van der Waals surface area contributed by atoms with Crippen molar-refractivity contribution in [2.75, 3.05) is 7.11 Å². The summed E-state index contributed by atoms with van der Waals surface area (Å²) in [7, 11) is 1.53. The molecule has 0 unspecified atom stereocenters. The average molecular weight is 246 g/mol. The number of carbonyl (C=O) groups is 1. The number of hydrogen-bond donors (Lipinski definition) is 1. The molecule has 1 aromatic carbocycles. The number of nitrogens with zero attached hydrogens (tertiary/aromatic N) is 1. The van der Waals surface area contributed by atoms with Crippen molar-refractivity contribution in [1.29, 1.82) is 0 Å². The first kappa shape index (κ1) is 12.2. The minimum absolute atomic E-state index is 0.219. The van der Waals surface area contributed by atoms with Crippen molar-refractivity contribution in [2.45, 2.75) is 13.5 Å². The van der Waals surface area contributed by atoms with Gasteiger partial charge in [0.25, 0.3) is 5.91 Å². The molecule has 5 nitrogen and oxygen atoms in total. The maximum absolute atomic E-state index is 11.9. The van der Waals surface area contributed by atoms with E-state index in [-0.39, 0.29) is 12.5 Å². The van der Waals surface area contributed by atoms with Crippen molar-refractivity contribution in [3.05, 3.63) is 47.7 Å². The summed E-state index contributed by atoms with van der Waals surface area (Å²) in [6.45, 7) is 2.06. The molecule has 0 spiro atoms. The van der Waals surface area contributed by atoms with Gasteiger partial charge in [0.2, 0.25) is 5.89 Å². The molecule has 0 radical (unpaired) electrons. The number of ether oxygens (including phenoxy) is 1. The van der Waals surface area contributed by atoms with Gasteiger partial charge in [0.15, 0.2) is 0 Å². The molecule has 94 valence electrons. The molecule has 0 aliphatic heterocycles. The monoisotopic (exact) mass is 246 g/mol. The molecule has 1 aromatic heterocycles. The molecule has 1 heterocycles. The van der Waals surface area contributed by atoms with Crippen LogP contribution in [0.1, 0.15) is 22.0 Å². The number of carbonyl (C=O) groups excluding carboxylic acids is 1. The van der Waals surface area contributed by atoms with Crippen LogP contribution in [0.5, 0.6) is 5.75 Å². The molecule has 0 saturated carbocycles. The zero-order chi connectivity index (χ0) is 13.0. The lowest BCUT2D eigenvalue weighted by Gasteiger charge is -2.07. The van der Waals surface area contributed by atoms with Crippen LogP contribution < -0.4 is 10.1 Å². The normalized spacial score (nSPS) is 10.1. The number of methoxy groups -OCH3 is 1. The van der Waals surface area contributed by atoms with Crippen LogP contribution in [0, 0.1) is 6.92 Å². The van der Waals surface area contributed by atoms with Gasteiger partial charge in [-0.2, -0.15) is 0 Å². The minimum Gasteiger partial charge on any atom is -0.496 e. The van der Waals surface area contributed by atoms with Crippen LogP contribution in [0.4, 0.5) is 0 Å². The highest BCUT2D eigenvalue weighted by molar-refractivity contribution is 5.96. The number of hydrogen-bond acceptors (Lipinski definition) is 4. The molecule has 1 amide bonds. The number of aromatic nitrogens is 1. The summed E-state index contributed by atoms with van der Waals surface area (Å²) in [6, 6.07) is 7.04. The number of amides is 1. The average Bonchev–Trinajstić information content (AvgIpc) is 2.81. The fraction of sp³-hybridized carbons (Fsp3) is 0.231. The van der Waals surface area contributed by atoms with Gasteiger partial charge < -0.3 is 14.5 Å². The molecule has 0 atom stereocenters. The van der Waals surface area contributed by atoms with Gasteiger partial charge in [-0.25, -0.2) is 4.98 Å². The summed E-state index contributed by atoms with van der Waals surface area (Å²) in [4.78, 5) is 16.0. The first-order chi connectivity index (χ1) is 8.70. The first-order valence-corrected chi connectivity index (χ1v) is 5.53. The molecule has 1 N–H and O–H groups in total. The second kappa shape index (κ2) is 5.35. The molecule has 5 heteroatoms. The maximum Gasteiger partial charge on any atom is 0.255 e. The van der Waals surface area contributed by atoms with E-state index in [1.807, 2.05) is 6.07 Å². The maximum atomic E-state index is 11.9. The summed E-state index contributed by atoms with van der Waals surface area (Å²) in [5.74, 6) is 1.52. The van der Waals surface area contributed by atoms with Crippen LogP contribution in [0.2, 0.25) is 0 Å². The predicted molar refractivity (Wildman–Crippen MR) is 65.4 cm³/mol. The van der Waals surface area contributed by atoms with Crippen LogP contribution in [-0.2, 0) is 6.54 Å². The van der Waals surface area contributed by atoms with Crippen LogP contribution in [0.15, 0.2) is 34.9 Å². The lowest BCUT2D eigenvalue weighted by Crippen LogP contribution is -2.23. The Kier molecular flexibility index (Phi) is 3.62. The quantitative estimate of drug-likeness (QED) is 0.895. The molecule has 0 aliphatic rings. The Morgan fingerprint density at radius 1 is 1.44 bits per heavy atom. The molecule has 2 aromatic rings. The van der Waals surface area contributed by atoms with Gasteiger partial charge in [-0.1, -0.05) is 12.1 Å². The molecule has 0 aliphatic carbocycles. The predicted octanol–water partition coefficient (Wildman–Crippen LogP) is 1.92. The third-order valence-electron chi connectivity index (χ3n) is 2.42. The van der Waals surface area contributed by atoms with E-state index in [4.69, 9.17) is 9.15 Å². The Morgan fingerprint density at radius 3 is 2.89 bits per heavy atom. The van der Waals surface area contributed by atoms with Crippen molar-refractivity contribution in [3.8, 4) is 5.75 Å². The Labute approximate surface area is 105 Å². The molecule has 2 rings (SSSR count). The van der Waals surface area contributed by atoms with Gasteiger partial charge in [-0.15, -0.1) is 0 Å². The highest BCUT2D eigenvalue weighted by Crippen LogP contribution is 2.16. The van der Waals surface area contributed by atoms with Crippen LogP contribution in [0.3, 0.4) is 0 Å². The fourth-order valence-electron chi connectivity index (χ4n) is 1.57. The minimum atomic E-state index is -0.219. The van der Waals surface area contributed by atoms with E-state index >= 15 is 0 Å². The SMILES string of the molecule is COc1ccccc1C(=O)NCc1ncc(C)o1. The number of rotatable bonds is 4. The molecule has 0 bridgehead atoms. The molecule has 0 fully saturated rings. The Bertz CT molecular complexity index is 549. The molecule has 18 heavy (non-hydrogen) atoms. The topological polar surface area (TPSA) is 64.4 Å². The summed E-state index contributed by atoms with van der Waals surface area (Å²) >= 11 is 0. The third-order valence-corrected chi connectivity index (χ3v) is 2.42. The Hall–Kier alpha value is -2.30. The van der Waals surface area contributed by atoms with E-state index in [9.17, 15) is 4.79 Å². The van der Waals surface area contributed by atoms with Gasteiger partial charge in [0.1, 0.15) is 11.5 Å². The van der Waals surface area contributed by atoms with E-state index in [1.165, 1.54) is 7.11 Å². The van der Waals surface area contributed by atoms with Gasteiger partial charge in [0, 0.05) is 0 Å². The number of oxazole rings is 1. The van der Waals surface area contributed by atoms with Crippen LogP contribution in [0.25, 0.3) is 0 Å². The van der Waals surface area contributed by atoms with E-state index < -0.39 is 0 Å². The van der Waals surface area contributed by atoms with Gasteiger partial charge in [-0.05, 0) is 19.1 Å². The molecule has 0 saturated heterocycles. The van der Waals surface area contributed by atoms with Crippen molar-refractivity contribution in [1.82, 2.24) is 10.3 Å². The van der Waals surface area contributed by atoms with Crippen LogP contribution in [-0.4, -0.2) is 18.0 Å². The Balaban J connectivity index is 2.03. The number of benzene rings is 1. The summed E-state index contributed by atoms with van der Waals surface area (Å²) in [6.07, 6.45) is 1.62. The number of para-hydroxylation sites is 1. The lowest BCUT2D eigenvalue weighted by atomic mass is 10.2. The van der Waals surface area contributed by atoms with E-state index in [2.05, 4.69) is 10.3 Å². The van der Waals surface area contributed by atoms with Gasteiger partial charge in [-0.3, -0.25) is 4.79 Å². The van der Waals surface area contributed by atoms with E-state index in [0.717, 1.165) is 5.76 Å². The number of aryl methyl sites for hydroxylation is 1. The Morgan fingerprint density at radius 2 is 2.22 bits per heavy atom. The van der Waals surface area contributed by atoms with Crippen molar-refractivity contribution in [2.24, 2.45) is 0 Å². The van der Waals surface area contributed by atoms with Crippen molar-refractivity contribution < 1.29 is 13.9 Å². The molecular formula is C13H14N2O3. The van der Waals surface area contributed by atoms with Crippen LogP contribution >= 0.6 is 0 Å². The van der Waals surface area contributed by atoms with E-state index in [1.54, 1.807) is 31.3 Å². The third kappa shape index (κ3) is 2.68. The van der Waals surface area contributed by atoms with Crippen molar-refractivity contribution in [3.63, 3.8) is 0 Å². The second-order valence-electron chi connectivity index (χ2n) is 3.75. The molecular weight excluding hydrogens is 232 g/mol. The smallest absolute Gasteiger partial charge is 0.255 e. The number of nitrogens with one attached hydrogen (secondary N) is 1. The largest absolute Gasteiger partial charge is 0.496 e. The highest BCUT2D eigenvalue weighted by Gasteiger charge is 2.11. The fourth-order valence-corrected chi connectivity index (χ4v) is 1.57. The van der Waals surface area contributed by atoms with Crippen molar-refractivity contribution >= 4 is 5.91 Å². The second-order valence-corrected chi connectivity index (χ2v) is 3.75. The zero-order valence-electron chi connectivity index (χ0n) is 10.3. The summed E-state index contributed by atoms with van der Waals surface area (Å²) in [5, 5.41) is 2.73.